The first kappa shape index (κ1) is 9.32. The van der Waals surface area contributed by atoms with Gasteiger partial charge in [0.1, 0.15) is 5.82 Å². The molecular formula is C9H8N4O2. The molecule has 6 nitrogen and oxygen atoms in total. The number of carbonyl (C=O) groups is 1. The van der Waals surface area contributed by atoms with E-state index in [9.17, 15) is 4.79 Å². The molecule has 0 aliphatic rings. The molecule has 2 aromatic heterocycles. The van der Waals surface area contributed by atoms with Gasteiger partial charge in [-0.05, 0) is 6.92 Å². The first-order chi connectivity index (χ1) is 7.18. The number of rotatable bonds is 2. The number of aromatic nitrogens is 4. The third kappa shape index (κ3) is 1.69. The maximum absolute atomic E-state index is 10.7. The standard InChI is InChI=1S/C9H8N4O2/c1-6-11-2-3-13(6)8-5-10-4-7(12-8)9(14)15/h2-5H,1H3,(H,14,15). The Hall–Kier alpha value is -2.24. The van der Waals surface area contributed by atoms with Crippen LogP contribution in [0.5, 0.6) is 0 Å². The molecule has 0 amide bonds. The molecule has 2 aromatic rings. The molecule has 0 atom stereocenters. The highest BCUT2D eigenvalue weighted by Crippen LogP contribution is 2.06. The van der Waals surface area contributed by atoms with Crippen molar-refractivity contribution in [3.63, 3.8) is 0 Å². The van der Waals surface area contributed by atoms with Crippen LogP contribution >= 0.6 is 0 Å². The molecular weight excluding hydrogens is 196 g/mol. The molecule has 0 saturated carbocycles. The van der Waals surface area contributed by atoms with E-state index in [-0.39, 0.29) is 5.69 Å². The summed E-state index contributed by atoms with van der Waals surface area (Å²) in [7, 11) is 0. The zero-order chi connectivity index (χ0) is 10.8. The molecule has 0 saturated heterocycles. The van der Waals surface area contributed by atoms with E-state index in [1.807, 2.05) is 0 Å². The summed E-state index contributed by atoms with van der Waals surface area (Å²) in [5.41, 5.74) is -0.0828. The van der Waals surface area contributed by atoms with Gasteiger partial charge in [-0.2, -0.15) is 0 Å². The smallest absolute Gasteiger partial charge is 0.356 e. The highest BCUT2D eigenvalue weighted by Gasteiger charge is 2.08. The molecule has 0 aromatic carbocycles. The van der Waals surface area contributed by atoms with Crippen LogP contribution < -0.4 is 0 Å². The van der Waals surface area contributed by atoms with Crippen LogP contribution in [-0.4, -0.2) is 30.6 Å². The van der Waals surface area contributed by atoms with E-state index in [1.165, 1.54) is 12.4 Å². The van der Waals surface area contributed by atoms with Gasteiger partial charge in [0.2, 0.25) is 0 Å². The molecule has 0 bridgehead atoms. The third-order valence-corrected chi connectivity index (χ3v) is 1.91. The van der Waals surface area contributed by atoms with Crippen LogP contribution in [0.4, 0.5) is 0 Å². The molecule has 76 valence electrons. The molecule has 2 rings (SSSR count). The van der Waals surface area contributed by atoms with Crippen molar-refractivity contribution < 1.29 is 9.90 Å². The Labute approximate surface area is 85.3 Å². The van der Waals surface area contributed by atoms with Gasteiger partial charge in [0, 0.05) is 12.4 Å². The molecule has 6 heteroatoms. The Bertz CT molecular complexity index is 506. The molecule has 0 aliphatic carbocycles. The summed E-state index contributed by atoms with van der Waals surface area (Å²) < 4.78 is 1.67. The van der Waals surface area contributed by atoms with E-state index in [0.29, 0.717) is 5.82 Å². The largest absolute Gasteiger partial charge is 0.476 e. The molecule has 1 N–H and O–H groups in total. The number of imidazole rings is 1. The normalized spacial score (nSPS) is 10.2. The second kappa shape index (κ2) is 3.49. The molecule has 0 unspecified atom stereocenters. The maximum Gasteiger partial charge on any atom is 0.356 e. The second-order valence-corrected chi connectivity index (χ2v) is 2.91. The molecule has 2 heterocycles. The number of aryl methyl sites for hydroxylation is 1. The highest BCUT2D eigenvalue weighted by atomic mass is 16.4. The molecule has 0 spiro atoms. The van der Waals surface area contributed by atoms with E-state index < -0.39 is 5.97 Å². The SMILES string of the molecule is Cc1nccn1-c1cncc(C(=O)O)n1. The third-order valence-electron chi connectivity index (χ3n) is 1.91. The van der Waals surface area contributed by atoms with Crippen LogP contribution in [0.25, 0.3) is 5.82 Å². The molecule has 0 radical (unpaired) electrons. The van der Waals surface area contributed by atoms with Gasteiger partial charge in [0.15, 0.2) is 11.5 Å². The number of hydrogen-bond acceptors (Lipinski definition) is 4. The predicted octanol–water partition coefficient (Wildman–Crippen LogP) is 0.669. The monoisotopic (exact) mass is 204 g/mol. The fraction of sp³-hybridized carbons (Fsp3) is 0.111. The number of carboxylic acid groups (broad SMARTS) is 1. The fourth-order valence-corrected chi connectivity index (χ4v) is 1.19. The van der Waals surface area contributed by atoms with Gasteiger partial charge in [-0.15, -0.1) is 0 Å². The van der Waals surface area contributed by atoms with Crippen molar-refractivity contribution in [1.29, 1.82) is 0 Å². The summed E-state index contributed by atoms with van der Waals surface area (Å²) in [6.45, 7) is 1.80. The van der Waals surface area contributed by atoms with E-state index in [4.69, 9.17) is 5.11 Å². The van der Waals surface area contributed by atoms with Crippen molar-refractivity contribution in [2.75, 3.05) is 0 Å². The first-order valence-corrected chi connectivity index (χ1v) is 4.24. The minimum absolute atomic E-state index is 0.0828. The summed E-state index contributed by atoms with van der Waals surface area (Å²) in [4.78, 5) is 22.4. The fourth-order valence-electron chi connectivity index (χ4n) is 1.19. The van der Waals surface area contributed by atoms with Gasteiger partial charge in [0.25, 0.3) is 0 Å². The van der Waals surface area contributed by atoms with Crippen molar-refractivity contribution in [1.82, 2.24) is 19.5 Å². The van der Waals surface area contributed by atoms with E-state index >= 15 is 0 Å². The predicted molar refractivity (Wildman–Crippen MR) is 50.9 cm³/mol. The van der Waals surface area contributed by atoms with Crippen molar-refractivity contribution in [3.05, 3.63) is 36.3 Å². The number of hydrogen-bond donors (Lipinski definition) is 1. The number of nitrogens with zero attached hydrogens (tertiary/aromatic N) is 4. The summed E-state index contributed by atoms with van der Waals surface area (Å²) in [6.07, 6.45) is 6.01. The van der Waals surface area contributed by atoms with Crippen molar-refractivity contribution >= 4 is 5.97 Å². The van der Waals surface area contributed by atoms with Crippen LogP contribution in [0.2, 0.25) is 0 Å². The van der Waals surface area contributed by atoms with E-state index in [2.05, 4.69) is 15.0 Å². The Kier molecular flexibility index (Phi) is 2.17. The summed E-state index contributed by atoms with van der Waals surface area (Å²) in [5.74, 6) is 0.0823. The van der Waals surface area contributed by atoms with Gasteiger partial charge >= 0.3 is 5.97 Å². The Morgan fingerprint density at radius 3 is 2.87 bits per heavy atom. The molecule has 0 aliphatic heterocycles. The van der Waals surface area contributed by atoms with Crippen LogP contribution in [0.1, 0.15) is 16.3 Å². The van der Waals surface area contributed by atoms with Gasteiger partial charge in [-0.3, -0.25) is 9.55 Å². The lowest BCUT2D eigenvalue weighted by Gasteiger charge is -2.03. The Morgan fingerprint density at radius 2 is 2.27 bits per heavy atom. The van der Waals surface area contributed by atoms with Crippen molar-refractivity contribution in [2.45, 2.75) is 6.92 Å². The van der Waals surface area contributed by atoms with Crippen LogP contribution in [0, 0.1) is 6.92 Å². The minimum atomic E-state index is -1.10. The number of carboxylic acids is 1. The van der Waals surface area contributed by atoms with E-state index in [1.54, 1.807) is 23.9 Å². The van der Waals surface area contributed by atoms with Crippen LogP contribution in [0.15, 0.2) is 24.8 Å². The van der Waals surface area contributed by atoms with E-state index in [0.717, 1.165) is 5.82 Å². The lowest BCUT2D eigenvalue weighted by Crippen LogP contribution is -2.06. The maximum atomic E-state index is 10.7. The zero-order valence-corrected chi connectivity index (χ0v) is 7.95. The van der Waals surface area contributed by atoms with Crippen molar-refractivity contribution in [2.24, 2.45) is 0 Å². The molecule has 0 fully saturated rings. The quantitative estimate of drug-likeness (QED) is 0.777. The Balaban J connectivity index is 2.50. The number of aromatic carboxylic acids is 1. The van der Waals surface area contributed by atoms with Gasteiger partial charge in [-0.1, -0.05) is 0 Å². The average molecular weight is 204 g/mol. The van der Waals surface area contributed by atoms with Gasteiger partial charge in [-0.25, -0.2) is 14.8 Å². The Morgan fingerprint density at radius 1 is 1.47 bits per heavy atom. The lowest BCUT2D eigenvalue weighted by molar-refractivity contribution is 0.0690. The van der Waals surface area contributed by atoms with Gasteiger partial charge < -0.3 is 5.11 Å². The zero-order valence-electron chi connectivity index (χ0n) is 7.95. The summed E-state index contributed by atoms with van der Waals surface area (Å²) in [5, 5.41) is 8.75. The lowest BCUT2D eigenvalue weighted by atomic mass is 10.4. The van der Waals surface area contributed by atoms with Crippen LogP contribution in [0.3, 0.4) is 0 Å². The topological polar surface area (TPSA) is 80.9 Å². The molecule has 15 heavy (non-hydrogen) atoms. The first-order valence-electron chi connectivity index (χ1n) is 4.24. The van der Waals surface area contributed by atoms with Crippen LogP contribution in [-0.2, 0) is 0 Å². The van der Waals surface area contributed by atoms with Gasteiger partial charge in [0.05, 0.1) is 12.4 Å². The van der Waals surface area contributed by atoms with Crippen molar-refractivity contribution in [3.8, 4) is 5.82 Å². The summed E-state index contributed by atoms with van der Waals surface area (Å²) >= 11 is 0. The average Bonchev–Trinajstić information content (AvgIpc) is 2.64. The second-order valence-electron chi connectivity index (χ2n) is 2.91. The minimum Gasteiger partial charge on any atom is -0.476 e. The summed E-state index contributed by atoms with van der Waals surface area (Å²) in [6, 6.07) is 0. The highest BCUT2D eigenvalue weighted by molar-refractivity contribution is 5.85.